The largest absolute Gasteiger partial charge is 0.481 e. The van der Waals surface area contributed by atoms with E-state index in [0.29, 0.717) is 12.1 Å². The van der Waals surface area contributed by atoms with Crippen LogP contribution in [0.3, 0.4) is 0 Å². The highest BCUT2D eigenvalue weighted by atomic mass is 32.1. The Morgan fingerprint density at radius 3 is 2.12 bits per heavy atom. The van der Waals surface area contributed by atoms with Gasteiger partial charge in [0.1, 0.15) is 0 Å². The van der Waals surface area contributed by atoms with E-state index in [1.807, 2.05) is 48.5 Å². The van der Waals surface area contributed by atoms with Crippen LogP contribution >= 0.6 is 11.3 Å². The lowest BCUT2D eigenvalue weighted by atomic mass is 10.1. The Labute approximate surface area is 244 Å². The number of thiazole rings is 1. The van der Waals surface area contributed by atoms with E-state index in [1.54, 1.807) is 23.5 Å². The average molecular weight is 562 g/mol. The summed E-state index contributed by atoms with van der Waals surface area (Å²) in [5.41, 5.74) is 8.09. The van der Waals surface area contributed by atoms with Gasteiger partial charge in [0.25, 0.3) is 5.91 Å². The molecule has 0 radical (unpaired) electrons. The molecule has 0 saturated heterocycles. The van der Waals surface area contributed by atoms with Gasteiger partial charge in [-0.1, -0.05) is 90.2 Å². The van der Waals surface area contributed by atoms with Crippen LogP contribution in [0, 0.1) is 13.8 Å². The number of nitrogens with one attached hydrogen (secondary N) is 1. The molecular weight excluding hydrogens is 530 g/mol. The van der Waals surface area contributed by atoms with Gasteiger partial charge in [-0.05, 0) is 60.4 Å². The summed E-state index contributed by atoms with van der Waals surface area (Å²) in [4.78, 5) is 31.8. The molecule has 4 aromatic carbocycles. The molecule has 0 fully saturated rings. The van der Waals surface area contributed by atoms with E-state index in [4.69, 9.17) is 10.1 Å². The molecule has 7 heteroatoms. The van der Waals surface area contributed by atoms with Crippen molar-refractivity contribution < 1.29 is 14.7 Å². The summed E-state index contributed by atoms with van der Waals surface area (Å²) in [6, 6.07) is 34.5. The molecule has 1 heterocycles. The molecule has 0 aliphatic rings. The zero-order valence-corrected chi connectivity index (χ0v) is 23.8. The Balaban J connectivity index is 1.52. The molecule has 1 amide bonds. The van der Waals surface area contributed by atoms with Crippen molar-refractivity contribution >= 4 is 34.0 Å². The molecule has 1 aromatic heterocycles. The molecule has 206 valence electrons. The molecule has 6 nitrogen and oxygen atoms in total. The minimum absolute atomic E-state index is 0.0913. The number of aliphatic carboxylic acids is 1. The Morgan fingerprint density at radius 2 is 1.49 bits per heavy atom. The lowest BCUT2D eigenvalue weighted by Crippen LogP contribution is -2.26. The second-order valence-corrected chi connectivity index (χ2v) is 10.8. The van der Waals surface area contributed by atoms with E-state index in [1.165, 1.54) is 11.1 Å². The van der Waals surface area contributed by atoms with Gasteiger partial charge < -0.3 is 15.3 Å². The standard InChI is InChI=1S/C34H31N3O3S/c1-23-13-18-29(21-24(23)2)37(22-25-14-16-28(17-15-25)33(40)35-20-19-30(38)39)34-36-31(26-9-5-3-6-10-26)32(41-34)27-11-7-4-8-12-27/h3-18,21H,19-20,22H2,1-2H3,(H,35,40)(H,38,39). The highest BCUT2D eigenvalue weighted by Crippen LogP contribution is 2.42. The van der Waals surface area contributed by atoms with Gasteiger partial charge in [0.05, 0.1) is 23.5 Å². The lowest BCUT2D eigenvalue weighted by molar-refractivity contribution is -0.136. The number of anilines is 2. The maximum absolute atomic E-state index is 12.5. The van der Waals surface area contributed by atoms with E-state index in [2.05, 4.69) is 66.5 Å². The average Bonchev–Trinajstić information content (AvgIpc) is 3.44. The summed E-state index contributed by atoms with van der Waals surface area (Å²) in [6.45, 7) is 4.86. The molecule has 2 N–H and O–H groups in total. The molecule has 0 unspecified atom stereocenters. The molecule has 0 saturated carbocycles. The van der Waals surface area contributed by atoms with Crippen molar-refractivity contribution in [3.8, 4) is 21.7 Å². The number of carbonyl (C=O) groups excluding carboxylic acids is 1. The molecule has 0 spiro atoms. The monoisotopic (exact) mass is 561 g/mol. The molecule has 0 aliphatic heterocycles. The smallest absolute Gasteiger partial charge is 0.305 e. The van der Waals surface area contributed by atoms with Crippen LogP contribution in [-0.2, 0) is 11.3 Å². The van der Waals surface area contributed by atoms with Crippen molar-refractivity contribution in [3.63, 3.8) is 0 Å². The quantitative estimate of drug-likeness (QED) is 0.183. The second kappa shape index (κ2) is 12.6. The van der Waals surface area contributed by atoms with Crippen molar-refractivity contribution in [1.82, 2.24) is 10.3 Å². The van der Waals surface area contributed by atoms with Gasteiger partial charge in [-0.2, -0.15) is 0 Å². The van der Waals surface area contributed by atoms with Crippen LogP contribution in [0.2, 0.25) is 0 Å². The topological polar surface area (TPSA) is 82.5 Å². The first-order chi connectivity index (χ1) is 19.9. The third-order valence-corrected chi connectivity index (χ3v) is 8.04. The van der Waals surface area contributed by atoms with Gasteiger partial charge in [0.2, 0.25) is 0 Å². The van der Waals surface area contributed by atoms with Gasteiger partial charge in [-0.3, -0.25) is 9.59 Å². The van der Waals surface area contributed by atoms with Gasteiger partial charge >= 0.3 is 5.97 Å². The summed E-state index contributed by atoms with van der Waals surface area (Å²) in [7, 11) is 0. The number of benzene rings is 4. The van der Waals surface area contributed by atoms with Gasteiger partial charge in [0.15, 0.2) is 5.13 Å². The maximum atomic E-state index is 12.5. The lowest BCUT2D eigenvalue weighted by Gasteiger charge is -2.23. The van der Waals surface area contributed by atoms with Crippen molar-refractivity contribution in [3.05, 3.63) is 125 Å². The predicted octanol–water partition coefficient (Wildman–Crippen LogP) is 7.64. The van der Waals surface area contributed by atoms with Gasteiger partial charge in [-0.15, -0.1) is 0 Å². The Kier molecular flexibility index (Phi) is 8.56. The van der Waals surface area contributed by atoms with Crippen molar-refractivity contribution in [2.75, 3.05) is 11.4 Å². The molecular formula is C34H31N3O3S. The van der Waals surface area contributed by atoms with Crippen molar-refractivity contribution in [1.29, 1.82) is 0 Å². The number of hydrogen-bond acceptors (Lipinski definition) is 5. The van der Waals surface area contributed by atoms with Crippen LogP contribution < -0.4 is 10.2 Å². The summed E-state index contributed by atoms with van der Waals surface area (Å²) in [5.74, 6) is -1.23. The van der Waals surface area contributed by atoms with Crippen LogP contribution in [0.15, 0.2) is 103 Å². The van der Waals surface area contributed by atoms with E-state index in [0.717, 1.165) is 38.1 Å². The van der Waals surface area contributed by atoms with Gasteiger partial charge in [0, 0.05) is 23.4 Å². The third kappa shape index (κ3) is 6.70. The highest BCUT2D eigenvalue weighted by molar-refractivity contribution is 7.19. The Bertz CT molecular complexity index is 1590. The van der Waals surface area contributed by atoms with Crippen LogP contribution in [0.25, 0.3) is 21.7 Å². The van der Waals surface area contributed by atoms with Crippen molar-refractivity contribution in [2.45, 2.75) is 26.8 Å². The van der Waals surface area contributed by atoms with Crippen LogP contribution in [-0.4, -0.2) is 28.5 Å². The van der Waals surface area contributed by atoms with E-state index in [9.17, 15) is 9.59 Å². The second-order valence-electron chi connectivity index (χ2n) is 9.86. The maximum Gasteiger partial charge on any atom is 0.305 e. The third-order valence-electron chi connectivity index (χ3n) is 6.91. The normalized spacial score (nSPS) is 10.8. The molecule has 5 aromatic rings. The summed E-state index contributed by atoms with van der Waals surface area (Å²) >= 11 is 1.66. The number of nitrogens with zero attached hydrogens (tertiary/aromatic N) is 2. The summed E-state index contributed by atoms with van der Waals surface area (Å²) in [5, 5.41) is 12.4. The molecule has 0 bridgehead atoms. The first-order valence-corrected chi connectivity index (χ1v) is 14.3. The SMILES string of the molecule is Cc1ccc(N(Cc2ccc(C(=O)NCCC(=O)O)cc2)c2nc(-c3ccccc3)c(-c3ccccc3)s2)cc1C. The van der Waals surface area contributed by atoms with E-state index >= 15 is 0 Å². The summed E-state index contributed by atoms with van der Waals surface area (Å²) < 4.78 is 0. The number of carbonyl (C=O) groups is 2. The minimum Gasteiger partial charge on any atom is -0.481 e. The number of rotatable bonds is 10. The first kappa shape index (κ1) is 27.8. The van der Waals surface area contributed by atoms with Crippen molar-refractivity contribution in [2.24, 2.45) is 0 Å². The number of carboxylic acids is 1. The molecule has 0 atom stereocenters. The zero-order valence-electron chi connectivity index (χ0n) is 23.0. The highest BCUT2D eigenvalue weighted by Gasteiger charge is 2.21. The molecule has 5 rings (SSSR count). The van der Waals surface area contributed by atoms with Crippen LogP contribution in [0.5, 0.6) is 0 Å². The number of amides is 1. The Morgan fingerprint density at radius 1 is 0.829 bits per heavy atom. The van der Waals surface area contributed by atoms with Crippen LogP contribution in [0.1, 0.15) is 33.5 Å². The van der Waals surface area contributed by atoms with Crippen LogP contribution in [0.4, 0.5) is 10.8 Å². The zero-order chi connectivity index (χ0) is 28.8. The van der Waals surface area contributed by atoms with Gasteiger partial charge in [-0.25, -0.2) is 4.98 Å². The van der Waals surface area contributed by atoms with E-state index in [-0.39, 0.29) is 18.9 Å². The number of hydrogen-bond donors (Lipinski definition) is 2. The fourth-order valence-electron chi connectivity index (χ4n) is 4.49. The first-order valence-electron chi connectivity index (χ1n) is 13.4. The molecule has 41 heavy (non-hydrogen) atoms. The molecule has 0 aliphatic carbocycles. The number of carboxylic acid groups (broad SMARTS) is 1. The minimum atomic E-state index is -0.944. The fourth-order valence-corrected chi connectivity index (χ4v) is 5.61. The fraction of sp³-hybridized carbons (Fsp3) is 0.147. The Hall–Kier alpha value is -4.75. The van der Waals surface area contributed by atoms with E-state index < -0.39 is 5.97 Å². The summed E-state index contributed by atoms with van der Waals surface area (Å²) in [6.07, 6.45) is -0.113. The predicted molar refractivity (Wildman–Crippen MR) is 166 cm³/mol. The number of aryl methyl sites for hydroxylation is 2. The number of aromatic nitrogens is 1.